The maximum atomic E-state index is 13.1. The molecule has 2 aliphatic rings. The number of carboxylic acids is 1. The highest BCUT2D eigenvalue weighted by Crippen LogP contribution is 2.51. The molecule has 1 amide bonds. The second-order valence-corrected chi connectivity index (χ2v) is 10.6. The van der Waals surface area contributed by atoms with Gasteiger partial charge in [0, 0.05) is 48.0 Å². The molecule has 4 rings (SSSR count). The number of carbonyl (C=O) groups excluding carboxylic acids is 1. The smallest absolute Gasteiger partial charge is 0.475 e. The Balaban J connectivity index is 0.000000505. The quantitative estimate of drug-likeness (QED) is 0.425. The monoisotopic (exact) mass is 575 g/mol. The topological polar surface area (TPSA) is 107 Å². The van der Waals surface area contributed by atoms with Gasteiger partial charge >= 0.3 is 12.1 Å². The summed E-state index contributed by atoms with van der Waals surface area (Å²) in [6.45, 7) is 1.98. The molecular weight excluding hydrogens is 546 g/mol. The van der Waals surface area contributed by atoms with Gasteiger partial charge in [-0.2, -0.15) is 18.2 Å². The van der Waals surface area contributed by atoms with E-state index in [1.165, 1.54) is 0 Å². The van der Waals surface area contributed by atoms with Gasteiger partial charge < -0.3 is 20.6 Å². The number of hydrogen-bond donors (Lipinski definition) is 3. The number of alkyl halides is 3. The molecule has 0 saturated heterocycles. The summed E-state index contributed by atoms with van der Waals surface area (Å²) in [5.74, 6) is -1.10. The number of hydrogen-bond acceptors (Lipinski definition) is 6. The van der Waals surface area contributed by atoms with E-state index in [1.54, 1.807) is 6.07 Å². The molecule has 0 aliphatic heterocycles. The fourth-order valence-electron chi connectivity index (χ4n) is 4.36. The Morgan fingerprint density at radius 1 is 1.05 bits per heavy atom. The lowest BCUT2D eigenvalue weighted by molar-refractivity contribution is -0.192. The highest BCUT2D eigenvalue weighted by atomic mass is 35.5. The van der Waals surface area contributed by atoms with Crippen LogP contribution in [0.5, 0.6) is 0 Å². The maximum absolute atomic E-state index is 13.1. The van der Waals surface area contributed by atoms with Crippen LogP contribution in [0.1, 0.15) is 49.8 Å². The number of carboxylic acid groups (broad SMARTS) is 1. The standard InChI is InChI=1S/C23H29Cl2N5O.C2HF3O2/c1-14-12-20(30(2)3)29-22(26-14)28-17-7-5-16(6-8-17)27-21(31)23(10-11-23)18-9-4-15(24)13-19(18)25;3-2(4,5)1(6)7/h4,9,12-13,16-17H,5-8,10-11H2,1-3H3,(H,27,31)(H,26,28,29);(H,6,7)/t16-,17+;. The molecular formula is C25H30Cl2F3N5O3. The fourth-order valence-corrected chi connectivity index (χ4v) is 4.94. The zero-order valence-corrected chi connectivity index (χ0v) is 22.7. The van der Waals surface area contributed by atoms with Crippen LogP contribution in [0.4, 0.5) is 24.9 Å². The van der Waals surface area contributed by atoms with Gasteiger partial charge in [-0.1, -0.05) is 29.3 Å². The minimum Gasteiger partial charge on any atom is -0.475 e. The molecule has 2 aliphatic carbocycles. The molecule has 0 spiro atoms. The molecule has 0 bridgehead atoms. The number of nitrogens with zero attached hydrogens (tertiary/aromatic N) is 3. The molecule has 0 radical (unpaired) electrons. The molecule has 38 heavy (non-hydrogen) atoms. The minimum atomic E-state index is -5.08. The van der Waals surface area contributed by atoms with Crippen molar-refractivity contribution >= 4 is 46.8 Å². The molecule has 2 saturated carbocycles. The first kappa shape index (κ1) is 29.8. The van der Waals surface area contributed by atoms with Crippen molar-refractivity contribution in [3.05, 3.63) is 45.6 Å². The number of aromatic nitrogens is 2. The summed E-state index contributed by atoms with van der Waals surface area (Å²) in [5, 5.41) is 15.1. The number of rotatable bonds is 6. The number of carbonyl (C=O) groups is 2. The van der Waals surface area contributed by atoms with Crippen LogP contribution in [0.2, 0.25) is 10.0 Å². The van der Waals surface area contributed by atoms with Crippen LogP contribution in [0.15, 0.2) is 24.3 Å². The van der Waals surface area contributed by atoms with Crippen molar-refractivity contribution in [1.82, 2.24) is 15.3 Å². The van der Waals surface area contributed by atoms with Gasteiger partial charge in [0.2, 0.25) is 11.9 Å². The van der Waals surface area contributed by atoms with E-state index >= 15 is 0 Å². The number of nitrogens with one attached hydrogen (secondary N) is 2. The Morgan fingerprint density at radius 2 is 1.63 bits per heavy atom. The first-order valence-corrected chi connectivity index (χ1v) is 12.8. The Labute approximate surface area is 228 Å². The third-order valence-electron chi connectivity index (χ3n) is 6.57. The van der Waals surface area contributed by atoms with E-state index in [2.05, 4.69) is 20.6 Å². The molecule has 2 fully saturated rings. The van der Waals surface area contributed by atoms with Gasteiger partial charge in [-0.15, -0.1) is 0 Å². The highest BCUT2D eigenvalue weighted by Gasteiger charge is 2.52. The van der Waals surface area contributed by atoms with Crippen LogP contribution in [-0.2, 0) is 15.0 Å². The number of aryl methyl sites for hydroxylation is 1. The Hall–Kier alpha value is -2.79. The van der Waals surface area contributed by atoms with Gasteiger partial charge in [0.05, 0.1) is 5.41 Å². The lowest BCUT2D eigenvalue weighted by Gasteiger charge is -2.31. The Morgan fingerprint density at radius 3 is 2.13 bits per heavy atom. The van der Waals surface area contributed by atoms with Gasteiger partial charge in [-0.25, -0.2) is 9.78 Å². The van der Waals surface area contributed by atoms with Crippen molar-refractivity contribution in [2.45, 2.75) is 69.1 Å². The summed E-state index contributed by atoms with van der Waals surface area (Å²) in [5.41, 5.74) is 1.34. The summed E-state index contributed by atoms with van der Waals surface area (Å²) in [6, 6.07) is 7.88. The van der Waals surface area contributed by atoms with E-state index in [0.29, 0.717) is 22.0 Å². The zero-order chi connectivity index (χ0) is 28.3. The molecule has 3 N–H and O–H groups in total. The molecule has 1 aromatic heterocycles. The van der Waals surface area contributed by atoms with Crippen LogP contribution >= 0.6 is 23.2 Å². The molecule has 13 heteroatoms. The van der Waals surface area contributed by atoms with Crippen molar-refractivity contribution in [3.63, 3.8) is 0 Å². The lowest BCUT2D eigenvalue weighted by Crippen LogP contribution is -2.44. The Kier molecular flexibility index (Phi) is 9.35. The van der Waals surface area contributed by atoms with Crippen LogP contribution in [0.25, 0.3) is 0 Å². The van der Waals surface area contributed by atoms with E-state index in [1.807, 2.05) is 44.1 Å². The van der Waals surface area contributed by atoms with Crippen molar-refractivity contribution in [2.75, 3.05) is 24.3 Å². The van der Waals surface area contributed by atoms with Gasteiger partial charge in [0.25, 0.3) is 0 Å². The van der Waals surface area contributed by atoms with Crippen molar-refractivity contribution < 1.29 is 27.9 Å². The second-order valence-electron chi connectivity index (χ2n) is 9.76. The molecule has 8 nitrogen and oxygen atoms in total. The first-order valence-electron chi connectivity index (χ1n) is 12.1. The summed E-state index contributed by atoms with van der Waals surface area (Å²) < 4.78 is 31.7. The molecule has 0 unspecified atom stereocenters. The van der Waals surface area contributed by atoms with Crippen molar-refractivity contribution in [2.24, 2.45) is 0 Å². The van der Waals surface area contributed by atoms with Crippen LogP contribution in [-0.4, -0.2) is 59.3 Å². The number of anilines is 2. The summed E-state index contributed by atoms with van der Waals surface area (Å²) in [6.07, 6.45) is 0.370. The van der Waals surface area contributed by atoms with Crippen molar-refractivity contribution in [1.29, 1.82) is 0 Å². The lowest BCUT2D eigenvalue weighted by atomic mass is 9.89. The third kappa shape index (κ3) is 7.63. The van der Waals surface area contributed by atoms with Gasteiger partial charge in [0.1, 0.15) is 5.82 Å². The predicted octanol–water partition coefficient (Wildman–Crippen LogP) is 5.36. The highest BCUT2D eigenvalue weighted by molar-refractivity contribution is 6.35. The van der Waals surface area contributed by atoms with E-state index in [-0.39, 0.29) is 11.9 Å². The van der Waals surface area contributed by atoms with Crippen LogP contribution in [0, 0.1) is 6.92 Å². The maximum Gasteiger partial charge on any atom is 0.490 e. The molecule has 208 valence electrons. The number of benzene rings is 1. The first-order chi connectivity index (χ1) is 17.7. The average Bonchev–Trinajstić information content (AvgIpc) is 3.61. The van der Waals surface area contributed by atoms with Gasteiger partial charge in [0.15, 0.2) is 0 Å². The largest absolute Gasteiger partial charge is 0.490 e. The molecule has 0 atom stereocenters. The van der Waals surface area contributed by atoms with Gasteiger partial charge in [-0.3, -0.25) is 4.79 Å². The van der Waals surface area contributed by atoms with Crippen LogP contribution < -0.4 is 15.5 Å². The van der Waals surface area contributed by atoms with Crippen molar-refractivity contribution in [3.8, 4) is 0 Å². The Bertz CT molecular complexity index is 1170. The van der Waals surface area contributed by atoms with E-state index < -0.39 is 17.6 Å². The predicted molar refractivity (Wildman–Crippen MR) is 140 cm³/mol. The number of amides is 1. The summed E-state index contributed by atoms with van der Waals surface area (Å²) in [4.78, 5) is 33.1. The summed E-state index contributed by atoms with van der Waals surface area (Å²) >= 11 is 12.4. The van der Waals surface area contributed by atoms with E-state index in [9.17, 15) is 18.0 Å². The molecule has 1 aromatic carbocycles. The number of halogens is 5. The second kappa shape index (κ2) is 11.9. The fraction of sp³-hybridized carbons (Fsp3) is 0.520. The summed E-state index contributed by atoms with van der Waals surface area (Å²) in [7, 11) is 3.95. The van der Waals surface area contributed by atoms with Gasteiger partial charge in [-0.05, 0) is 63.1 Å². The van der Waals surface area contributed by atoms with E-state index in [4.69, 9.17) is 33.1 Å². The van der Waals surface area contributed by atoms with Crippen LogP contribution in [0.3, 0.4) is 0 Å². The molecule has 1 heterocycles. The average molecular weight is 576 g/mol. The minimum absolute atomic E-state index is 0.0887. The normalized spacial score (nSPS) is 20.0. The zero-order valence-electron chi connectivity index (χ0n) is 21.2. The molecule has 2 aromatic rings. The SMILES string of the molecule is Cc1cc(N(C)C)nc(N[C@H]2CC[C@@H](NC(=O)C3(c4ccc(Cl)cc4Cl)CC3)CC2)n1.O=C(O)C(F)(F)F. The third-order valence-corrected chi connectivity index (χ3v) is 7.12. The van der Waals surface area contributed by atoms with E-state index in [0.717, 1.165) is 55.6 Å². The number of aliphatic carboxylic acids is 1.